The van der Waals surface area contributed by atoms with E-state index in [4.69, 9.17) is 0 Å². The first-order valence-electron chi connectivity index (χ1n) is 3.41. The molecule has 0 atom stereocenters. The van der Waals surface area contributed by atoms with Gasteiger partial charge in [0.05, 0.1) is 0 Å². The second-order valence-corrected chi connectivity index (χ2v) is 3.17. The molecule has 0 radical (unpaired) electrons. The van der Waals surface area contributed by atoms with Crippen LogP contribution in [0, 0.1) is 0 Å². The van der Waals surface area contributed by atoms with Crippen LogP contribution >= 0.6 is 11.8 Å². The third-order valence-electron chi connectivity index (χ3n) is 1.47. The Kier molecular flexibility index (Phi) is 1.78. The minimum absolute atomic E-state index is 0. The quantitative estimate of drug-likeness (QED) is 0.571. The highest BCUT2D eigenvalue weighted by Gasteiger charge is 1.98. The minimum Gasteiger partial charge on any atom is -0.264 e. The van der Waals surface area contributed by atoms with Gasteiger partial charge in [-0.1, -0.05) is 30.0 Å². The molecule has 1 aliphatic heterocycles. The molecule has 0 aliphatic carbocycles. The lowest BCUT2D eigenvalue weighted by molar-refractivity contribution is 1.44. The molecule has 1 aromatic carbocycles. The van der Waals surface area contributed by atoms with E-state index in [9.17, 15) is 0 Å². The van der Waals surface area contributed by atoms with Crippen LogP contribution in [-0.2, 0) is 0 Å². The molecule has 54 valence electrons. The maximum absolute atomic E-state index is 4.09. The lowest BCUT2D eigenvalue weighted by Gasteiger charge is -1.97. The van der Waals surface area contributed by atoms with Crippen LogP contribution < -0.4 is 0 Å². The summed E-state index contributed by atoms with van der Waals surface area (Å²) in [4.78, 5) is 5.35. The van der Waals surface area contributed by atoms with E-state index >= 15 is 0 Å². The fourth-order valence-corrected chi connectivity index (χ4v) is 1.65. The van der Waals surface area contributed by atoms with Gasteiger partial charge in [-0.15, -0.1) is 0 Å². The lowest BCUT2D eigenvalue weighted by atomic mass is 10.2. The molecule has 0 aromatic heterocycles. The molecule has 0 amide bonds. The molecule has 11 heavy (non-hydrogen) atoms. The molecule has 0 N–H and O–H groups in total. The Balaban J connectivity index is 0.000000720. The molecular weight excluding hydrogens is 154 g/mol. The van der Waals surface area contributed by atoms with Crippen LogP contribution in [0.25, 0.3) is 0 Å². The summed E-state index contributed by atoms with van der Waals surface area (Å²) in [6, 6.07) is 8.23. The first-order valence-corrected chi connectivity index (χ1v) is 4.29. The Bertz CT molecular complexity index is 320. The van der Waals surface area contributed by atoms with Crippen molar-refractivity contribution in [2.24, 2.45) is 4.99 Å². The number of hydrogen-bond acceptors (Lipinski definition) is 2. The van der Waals surface area contributed by atoms with Gasteiger partial charge >= 0.3 is 1.43 Å². The van der Waals surface area contributed by atoms with E-state index < -0.39 is 0 Å². The van der Waals surface area contributed by atoms with Crippen LogP contribution in [0.1, 0.15) is 6.99 Å². The van der Waals surface area contributed by atoms with Crippen LogP contribution in [0.4, 0.5) is 0 Å². The molecular formula is C9H8NS+. The van der Waals surface area contributed by atoms with Crippen LogP contribution in [0.3, 0.4) is 0 Å². The molecule has 0 spiro atoms. The van der Waals surface area contributed by atoms with Gasteiger partial charge in [-0.3, -0.25) is 4.99 Å². The van der Waals surface area contributed by atoms with Crippen LogP contribution in [0.15, 0.2) is 45.8 Å². The van der Waals surface area contributed by atoms with E-state index in [1.807, 2.05) is 30.0 Å². The fourth-order valence-electron chi connectivity index (χ4n) is 0.957. The molecule has 1 nitrogen and oxygen atoms in total. The first kappa shape index (κ1) is 6.68. The monoisotopic (exact) mass is 162 g/mol. The zero-order valence-electron chi connectivity index (χ0n) is 6.90. The smallest absolute Gasteiger partial charge is 0.264 e. The van der Waals surface area contributed by atoms with Gasteiger partial charge in [0.25, 0.3) is 0 Å². The molecule has 2 rings (SSSR count). The van der Waals surface area contributed by atoms with Crippen molar-refractivity contribution in [3.63, 3.8) is 0 Å². The van der Waals surface area contributed by atoms with E-state index in [1.54, 1.807) is 11.8 Å². The number of rotatable bonds is 0. The Morgan fingerprint density at radius 3 is 3.18 bits per heavy atom. The van der Waals surface area contributed by atoms with E-state index in [1.165, 1.54) is 10.5 Å². The Labute approximate surface area is 71.3 Å². The van der Waals surface area contributed by atoms with Crippen LogP contribution in [0.5, 0.6) is 0 Å². The standard InChI is InChI=1S/C9H7NS/c1-2-4-9-8(3-1)7-10-5-6-11-9/h1-7H/p+1. The Morgan fingerprint density at radius 2 is 2.18 bits per heavy atom. The van der Waals surface area contributed by atoms with Crippen LogP contribution in [-0.4, -0.2) is 6.21 Å². The summed E-state index contributed by atoms with van der Waals surface area (Å²) >= 11 is 1.70. The maximum atomic E-state index is 4.09. The predicted molar refractivity (Wildman–Crippen MR) is 50.1 cm³/mol. The number of hydrogen-bond donors (Lipinski definition) is 0. The molecule has 0 bridgehead atoms. The van der Waals surface area contributed by atoms with Gasteiger partial charge in [-0.05, 0) is 11.5 Å². The van der Waals surface area contributed by atoms with Crippen molar-refractivity contribution in [1.29, 1.82) is 0 Å². The third-order valence-corrected chi connectivity index (χ3v) is 2.36. The van der Waals surface area contributed by atoms with Gasteiger partial charge in [0.2, 0.25) is 0 Å². The molecule has 1 aliphatic rings. The highest BCUT2D eigenvalue weighted by molar-refractivity contribution is 8.02. The fraction of sp³-hybridized carbons (Fsp3) is 0. The largest absolute Gasteiger partial charge is 1.00 e. The van der Waals surface area contributed by atoms with E-state index in [-0.39, 0.29) is 1.43 Å². The number of benzene rings is 1. The number of nitrogens with zero attached hydrogens (tertiary/aromatic N) is 1. The van der Waals surface area contributed by atoms with E-state index in [2.05, 4.69) is 17.1 Å². The van der Waals surface area contributed by atoms with Crippen molar-refractivity contribution < 1.29 is 1.43 Å². The third kappa shape index (κ3) is 1.35. The van der Waals surface area contributed by atoms with Gasteiger partial charge in [0.1, 0.15) is 0 Å². The van der Waals surface area contributed by atoms with E-state index in [0.717, 1.165) is 0 Å². The summed E-state index contributed by atoms with van der Waals surface area (Å²) in [6.07, 6.45) is 3.69. The number of aliphatic imine (C=N–C) groups is 1. The SMILES string of the molecule is C1=CSc2ccccc2C=N1.[H+]. The van der Waals surface area contributed by atoms with Gasteiger partial charge in [-0.25, -0.2) is 0 Å². The molecule has 1 aromatic rings. The number of fused-ring (bicyclic) bond motifs is 1. The van der Waals surface area contributed by atoms with Gasteiger partial charge in [-0.2, -0.15) is 0 Å². The predicted octanol–water partition coefficient (Wildman–Crippen LogP) is 2.79. The average Bonchev–Trinajstić information content (AvgIpc) is 2.28. The van der Waals surface area contributed by atoms with Crippen molar-refractivity contribution in [2.75, 3.05) is 0 Å². The van der Waals surface area contributed by atoms with Crippen molar-refractivity contribution in [3.05, 3.63) is 41.4 Å². The average molecular weight is 162 g/mol. The Hall–Kier alpha value is -1.02. The summed E-state index contributed by atoms with van der Waals surface area (Å²) < 4.78 is 0. The van der Waals surface area contributed by atoms with Gasteiger partial charge < -0.3 is 0 Å². The molecule has 1 heterocycles. The minimum atomic E-state index is 0. The normalized spacial score (nSPS) is 14.2. The highest BCUT2D eigenvalue weighted by atomic mass is 32.2. The zero-order chi connectivity index (χ0) is 7.52. The Morgan fingerprint density at radius 1 is 1.27 bits per heavy atom. The van der Waals surface area contributed by atoms with Gasteiger partial charge in [0.15, 0.2) is 0 Å². The number of thioether (sulfide) groups is 1. The molecule has 0 saturated heterocycles. The summed E-state index contributed by atoms with van der Waals surface area (Å²) in [5, 5.41) is 1.99. The topological polar surface area (TPSA) is 12.4 Å². The van der Waals surface area contributed by atoms with Crippen molar-refractivity contribution in [3.8, 4) is 0 Å². The summed E-state index contributed by atoms with van der Waals surface area (Å²) in [5.74, 6) is 0. The highest BCUT2D eigenvalue weighted by Crippen LogP contribution is 2.23. The molecule has 0 fully saturated rings. The summed E-state index contributed by atoms with van der Waals surface area (Å²) in [5.41, 5.74) is 1.20. The molecule has 2 heteroatoms. The zero-order valence-corrected chi connectivity index (χ0v) is 6.71. The summed E-state index contributed by atoms with van der Waals surface area (Å²) in [7, 11) is 0. The first-order chi connectivity index (χ1) is 5.47. The second kappa shape index (κ2) is 2.93. The second-order valence-electron chi connectivity index (χ2n) is 2.22. The lowest BCUT2D eigenvalue weighted by Crippen LogP contribution is -1.81. The van der Waals surface area contributed by atoms with Crippen LogP contribution in [0.2, 0.25) is 0 Å². The van der Waals surface area contributed by atoms with E-state index in [0.29, 0.717) is 0 Å². The van der Waals surface area contributed by atoms with Crippen molar-refractivity contribution in [2.45, 2.75) is 4.90 Å². The van der Waals surface area contributed by atoms with Crippen molar-refractivity contribution >= 4 is 18.0 Å². The maximum Gasteiger partial charge on any atom is 1.00 e. The molecule has 0 saturated carbocycles. The summed E-state index contributed by atoms with van der Waals surface area (Å²) in [6.45, 7) is 0. The molecule has 0 unspecified atom stereocenters. The van der Waals surface area contributed by atoms with Crippen molar-refractivity contribution in [1.82, 2.24) is 0 Å². The van der Waals surface area contributed by atoms with Gasteiger partial charge in [0, 0.05) is 22.9 Å².